The van der Waals surface area contributed by atoms with Crippen molar-refractivity contribution in [2.24, 2.45) is 5.92 Å². The van der Waals surface area contributed by atoms with Crippen LogP contribution in [0.25, 0.3) is 10.9 Å². The van der Waals surface area contributed by atoms with E-state index in [4.69, 9.17) is 16.3 Å². The van der Waals surface area contributed by atoms with E-state index in [-0.39, 0.29) is 17.7 Å². The van der Waals surface area contributed by atoms with Gasteiger partial charge in [0.15, 0.2) is 0 Å². The topological polar surface area (TPSA) is 54.1 Å². The molecule has 0 bridgehead atoms. The van der Waals surface area contributed by atoms with Crippen LogP contribution in [0.15, 0.2) is 54.7 Å². The number of aromatic amines is 1. The van der Waals surface area contributed by atoms with E-state index in [2.05, 4.69) is 22.4 Å². The zero-order valence-electron chi connectivity index (χ0n) is 15.1. The lowest BCUT2D eigenvalue weighted by atomic mass is 9.90. The van der Waals surface area contributed by atoms with Crippen LogP contribution in [0.1, 0.15) is 29.9 Å². The number of carbonyl (C=O) groups excluding carboxylic acids is 1. The van der Waals surface area contributed by atoms with E-state index in [0.29, 0.717) is 24.8 Å². The van der Waals surface area contributed by atoms with E-state index in [1.165, 1.54) is 0 Å². The van der Waals surface area contributed by atoms with Crippen molar-refractivity contribution in [3.8, 4) is 0 Å². The maximum atomic E-state index is 12.6. The second kappa shape index (κ2) is 8.15. The predicted octanol–water partition coefficient (Wildman–Crippen LogP) is 4.50. The van der Waals surface area contributed by atoms with Crippen molar-refractivity contribution in [2.45, 2.75) is 18.8 Å². The van der Waals surface area contributed by atoms with Gasteiger partial charge in [-0.15, -0.1) is 0 Å². The van der Waals surface area contributed by atoms with Gasteiger partial charge in [-0.25, -0.2) is 0 Å². The average Bonchev–Trinajstić information content (AvgIpc) is 3.14. The molecule has 2 N–H and O–H groups in total. The minimum atomic E-state index is -0.0151. The van der Waals surface area contributed by atoms with Crippen molar-refractivity contribution in [3.05, 3.63) is 70.9 Å². The van der Waals surface area contributed by atoms with E-state index in [9.17, 15) is 4.79 Å². The molecule has 5 heteroatoms. The summed E-state index contributed by atoms with van der Waals surface area (Å²) in [6.07, 6.45) is 3.60. The third-order valence-corrected chi connectivity index (χ3v) is 5.69. The first-order chi connectivity index (χ1) is 13.2. The molecule has 1 fully saturated rings. The predicted molar refractivity (Wildman–Crippen MR) is 108 cm³/mol. The fourth-order valence-corrected chi connectivity index (χ4v) is 4.10. The summed E-state index contributed by atoms with van der Waals surface area (Å²) in [4.78, 5) is 16.0. The Balaban J connectivity index is 1.62. The molecule has 0 saturated carbocycles. The maximum absolute atomic E-state index is 12.6. The Kier molecular flexibility index (Phi) is 5.46. The number of halogens is 1. The minimum absolute atomic E-state index is 0.0151. The van der Waals surface area contributed by atoms with Gasteiger partial charge in [0.2, 0.25) is 5.91 Å². The summed E-state index contributed by atoms with van der Waals surface area (Å²) in [6, 6.07) is 16.1. The van der Waals surface area contributed by atoms with Gasteiger partial charge in [-0.2, -0.15) is 0 Å². The van der Waals surface area contributed by atoms with Crippen LogP contribution in [0.3, 0.4) is 0 Å². The van der Waals surface area contributed by atoms with Crippen molar-refractivity contribution in [1.82, 2.24) is 10.3 Å². The number of amides is 1. The first-order valence-corrected chi connectivity index (χ1v) is 9.77. The van der Waals surface area contributed by atoms with Crippen molar-refractivity contribution in [2.75, 3.05) is 19.8 Å². The highest BCUT2D eigenvalue weighted by Crippen LogP contribution is 2.34. The molecule has 4 rings (SSSR count). The van der Waals surface area contributed by atoms with E-state index in [1.807, 2.05) is 42.6 Å². The highest BCUT2D eigenvalue weighted by molar-refractivity contribution is 6.31. The Labute approximate surface area is 163 Å². The van der Waals surface area contributed by atoms with Crippen LogP contribution in [0.2, 0.25) is 5.02 Å². The number of benzene rings is 2. The SMILES string of the molecule is O=C(NC[C@H](c1ccccc1Cl)c1c[nH]c2ccccc12)C1CCOCC1. The molecule has 0 spiro atoms. The Bertz CT molecular complexity index is 931. The molecule has 1 atom stereocenters. The molecular formula is C22H23ClN2O2. The van der Waals surface area contributed by atoms with Gasteiger partial charge in [0, 0.05) is 53.7 Å². The number of rotatable bonds is 5. The molecule has 3 aromatic rings. The quantitative estimate of drug-likeness (QED) is 0.682. The summed E-state index contributed by atoms with van der Waals surface area (Å²) in [6.45, 7) is 1.84. The van der Waals surface area contributed by atoms with Crippen molar-refractivity contribution in [1.29, 1.82) is 0 Å². The Morgan fingerprint density at radius 1 is 1.11 bits per heavy atom. The first kappa shape index (κ1) is 18.1. The van der Waals surface area contributed by atoms with Crippen LogP contribution in [0.4, 0.5) is 0 Å². The second-order valence-corrected chi connectivity index (χ2v) is 7.40. The van der Waals surface area contributed by atoms with Crippen molar-refractivity contribution >= 4 is 28.4 Å². The van der Waals surface area contributed by atoms with Crippen LogP contribution < -0.4 is 5.32 Å². The first-order valence-electron chi connectivity index (χ1n) is 9.40. The summed E-state index contributed by atoms with van der Waals surface area (Å²) >= 11 is 6.51. The number of hydrogen-bond donors (Lipinski definition) is 2. The van der Waals surface area contributed by atoms with Gasteiger partial charge in [-0.05, 0) is 36.1 Å². The molecule has 1 aliphatic rings. The largest absolute Gasteiger partial charge is 0.381 e. The maximum Gasteiger partial charge on any atom is 0.223 e. The van der Waals surface area contributed by atoms with Crippen LogP contribution in [0.5, 0.6) is 0 Å². The van der Waals surface area contributed by atoms with Crippen LogP contribution in [0, 0.1) is 5.92 Å². The molecule has 1 aliphatic heterocycles. The van der Waals surface area contributed by atoms with Gasteiger partial charge >= 0.3 is 0 Å². The minimum Gasteiger partial charge on any atom is -0.381 e. The fraction of sp³-hybridized carbons (Fsp3) is 0.318. The number of carbonyl (C=O) groups is 1. The molecule has 2 heterocycles. The molecule has 1 aromatic heterocycles. The summed E-state index contributed by atoms with van der Waals surface area (Å²) in [7, 11) is 0. The highest BCUT2D eigenvalue weighted by atomic mass is 35.5. The number of para-hydroxylation sites is 1. The summed E-state index contributed by atoms with van der Waals surface area (Å²) in [5, 5.41) is 5.04. The molecule has 0 radical (unpaired) electrons. The van der Waals surface area contributed by atoms with Gasteiger partial charge in [0.1, 0.15) is 0 Å². The molecule has 27 heavy (non-hydrogen) atoms. The van der Waals surface area contributed by atoms with Gasteiger partial charge in [0.05, 0.1) is 0 Å². The number of fused-ring (bicyclic) bond motifs is 1. The normalized spacial score (nSPS) is 16.3. The summed E-state index contributed by atoms with van der Waals surface area (Å²) in [5.74, 6) is 0.127. The molecule has 1 saturated heterocycles. The zero-order valence-corrected chi connectivity index (χ0v) is 15.8. The standard InChI is InChI=1S/C22H23ClN2O2/c23-20-7-3-1-5-16(20)18(14-25-22(26)15-9-11-27-12-10-15)19-13-24-21-8-4-2-6-17(19)21/h1-8,13,15,18,24H,9-12,14H2,(H,25,26)/t18-/m1/s1. The van der Waals surface area contributed by atoms with Crippen LogP contribution >= 0.6 is 11.6 Å². The third-order valence-electron chi connectivity index (χ3n) is 5.35. The lowest BCUT2D eigenvalue weighted by molar-refractivity contribution is -0.127. The van der Waals surface area contributed by atoms with Crippen molar-refractivity contribution in [3.63, 3.8) is 0 Å². The van der Waals surface area contributed by atoms with Crippen molar-refractivity contribution < 1.29 is 9.53 Å². The Morgan fingerprint density at radius 3 is 2.67 bits per heavy atom. The molecule has 2 aromatic carbocycles. The van der Waals surface area contributed by atoms with Gasteiger partial charge in [-0.3, -0.25) is 4.79 Å². The molecule has 4 nitrogen and oxygen atoms in total. The van der Waals surface area contributed by atoms with E-state index in [1.54, 1.807) is 0 Å². The lowest BCUT2D eigenvalue weighted by Gasteiger charge is -2.24. The highest BCUT2D eigenvalue weighted by Gasteiger charge is 2.25. The van der Waals surface area contributed by atoms with E-state index < -0.39 is 0 Å². The smallest absolute Gasteiger partial charge is 0.223 e. The summed E-state index contributed by atoms with van der Waals surface area (Å²) < 4.78 is 5.37. The molecule has 0 unspecified atom stereocenters. The molecular weight excluding hydrogens is 360 g/mol. The third kappa shape index (κ3) is 3.87. The molecule has 1 amide bonds. The van der Waals surface area contributed by atoms with Crippen LogP contribution in [-0.2, 0) is 9.53 Å². The van der Waals surface area contributed by atoms with Crippen LogP contribution in [-0.4, -0.2) is 30.6 Å². The summed E-state index contributed by atoms with van der Waals surface area (Å²) in [5.41, 5.74) is 3.25. The number of ether oxygens (including phenoxy) is 1. The zero-order chi connectivity index (χ0) is 18.6. The van der Waals surface area contributed by atoms with Gasteiger partial charge < -0.3 is 15.0 Å². The van der Waals surface area contributed by atoms with E-state index in [0.717, 1.165) is 34.9 Å². The number of hydrogen-bond acceptors (Lipinski definition) is 2. The number of aromatic nitrogens is 1. The molecule has 0 aliphatic carbocycles. The lowest BCUT2D eigenvalue weighted by Crippen LogP contribution is -2.36. The van der Waals surface area contributed by atoms with Gasteiger partial charge in [-0.1, -0.05) is 48.0 Å². The molecule has 140 valence electrons. The number of H-pyrrole nitrogens is 1. The fourth-order valence-electron chi connectivity index (χ4n) is 3.83. The van der Waals surface area contributed by atoms with Gasteiger partial charge in [0.25, 0.3) is 0 Å². The monoisotopic (exact) mass is 382 g/mol. The second-order valence-electron chi connectivity index (χ2n) is 7.00. The Morgan fingerprint density at radius 2 is 1.85 bits per heavy atom. The number of nitrogens with one attached hydrogen (secondary N) is 2. The average molecular weight is 383 g/mol. The Hall–Kier alpha value is -2.30. The van der Waals surface area contributed by atoms with E-state index >= 15 is 0 Å².